The van der Waals surface area contributed by atoms with E-state index < -0.39 is 5.97 Å². The molecule has 24 heavy (non-hydrogen) atoms. The molecule has 0 aliphatic carbocycles. The lowest BCUT2D eigenvalue weighted by Crippen LogP contribution is -2.39. The number of carbonyl (C=O) groups is 2. The van der Waals surface area contributed by atoms with Crippen molar-refractivity contribution in [1.29, 1.82) is 0 Å². The van der Waals surface area contributed by atoms with Crippen LogP contribution in [-0.4, -0.2) is 41.6 Å². The van der Waals surface area contributed by atoms with Gasteiger partial charge in [-0.3, -0.25) is 9.59 Å². The summed E-state index contributed by atoms with van der Waals surface area (Å²) >= 11 is 0. The van der Waals surface area contributed by atoms with E-state index in [2.05, 4.69) is 0 Å². The maximum Gasteiger partial charge on any atom is 0.305 e. The molecule has 1 amide bonds. The Balaban J connectivity index is 2.26. The fourth-order valence-corrected chi connectivity index (χ4v) is 2.75. The minimum absolute atomic E-state index is 0.0404. The first-order valence-corrected chi connectivity index (χ1v) is 7.99. The summed E-state index contributed by atoms with van der Waals surface area (Å²) in [6, 6.07) is 11.6. The summed E-state index contributed by atoms with van der Waals surface area (Å²) in [5, 5.41) is 10.9. The molecule has 0 spiro atoms. The SMILES string of the molecule is COc1ccc2cccc(CC(=O)N(CCC(=O)O)C(C)C)c2c1. The molecule has 2 rings (SSSR count). The molecule has 5 nitrogen and oxygen atoms in total. The van der Waals surface area contributed by atoms with Crippen molar-refractivity contribution in [1.82, 2.24) is 4.90 Å². The highest BCUT2D eigenvalue weighted by Crippen LogP contribution is 2.25. The molecule has 0 aromatic heterocycles. The van der Waals surface area contributed by atoms with Gasteiger partial charge in [0, 0.05) is 12.6 Å². The maximum absolute atomic E-state index is 12.7. The molecule has 128 valence electrons. The summed E-state index contributed by atoms with van der Waals surface area (Å²) < 4.78 is 5.27. The van der Waals surface area contributed by atoms with E-state index in [-0.39, 0.29) is 31.3 Å². The number of rotatable bonds is 7. The van der Waals surface area contributed by atoms with E-state index in [1.54, 1.807) is 12.0 Å². The van der Waals surface area contributed by atoms with Gasteiger partial charge in [-0.2, -0.15) is 0 Å². The molecule has 0 bridgehead atoms. The van der Waals surface area contributed by atoms with Crippen molar-refractivity contribution in [2.45, 2.75) is 32.7 Å². The molecule has 2 aromatic rings. The van der Waals surface area contributed by atoms with E-state index >= 15 is 0 Å². The van der Waals surface area contributed by atoms with Crippen molar-refractivity contribution in [3.8, 4) is 5.75 Å². The summed E-state index contributed by atoms with van der Waals surface area (Å²) in [7, 11) is 1.61. The number of ether oxygens (including phenoxy) is 1. The Hall–Kier alpha value is -2.56. The predicted octanol–water partition coefficient (Wildman–Crippen LogP) is 3.10. The molecular weight excluding hydrogens is 306 g/mol. The molecule has 0 fully saturated rings. The van der Waals surface area contributed by atoms with Gasteiger partial charge in [-0.25, -0.2) is 0 Å². The Morgan fingerprint density at radius 1 is 1.21 bits per heavy atom. The second-order valence-electron chi connectivity index (χ2n) is 6.01. The molecule has 0 unspecified atom stereocenters. The van der Waals surface area contributed by atoms with Gasteiger partial charge in [-0.05, 0) is 42.3 Å². The van der Waals surface area contributed by atoms with Gasteiger partial charge in [-0.15, -0.1) is 0 Å². The van der Waals surface area contributed by atoms with Crippen molar-refractivity contribution in [2.24, 2.45) is 0 Å². The van der Waals surface area contributed by atoms with E-state index in [9.17, 15) is 9.59 Å². The molecule has 0 saturated carbocycles. The van der Waals surface area contributed by atoms with Crippen molar-refractivity contribution in [3.63, 3.8) is 0 Å². The average molecular weight is 329 g/mol. The van der Waals surface area contributed by atoms with Crippen LogP contribution < -0.4 is 4.74 Å². The lowest BCUT2D eigenvalue weighted by molar-refractivity contribution is -0.139. The largest absolute Gasteiger partial charge is 0.497 e. The number of fused-ring (bicyclic) bond motifs is 1. The lowest BCUT2D eigenvalue weighted by Gasteiger charge is -2.26. The molecule has 0 heterocycles. The number of methoxy groups -OCH3 is 1. The number of nitrogens with zero attached hydrogens (tertiary/aromatic N) is 1. The van der Waals surface area contributed by atoms with Gasteiger partial charge in [-0.1, -0.05) is 24.3 Å². The molecule has 2 aromatic carbocycles. The maximum atomic E-state index is 12.7. The van der Waals surface area contributed by atoms with Crippen LogP contribution in [0.4, 0.5) is 0 Å². The second-order valence-corrected chi connectivity index (χ2v) is 6.01. The van der Waals surface area contributed by atoms with E-state index in [1.807, 2.05) is 50.2 Å². The van der Waals surface area contributed by atoms with Gasteiger partial charge in [0.15, 0.2) is 0 Å². The average Bonchev–Trinajstić information content (AvgIpc) is 2.54. The Morgan fingerprint density at radius 3 is 2.58 bits per heavy atom. The van der Waals surface area contributed by atoms with Crippen LogP contribution in [0, 0.1) is 0 Å². The number of hydrogen-bond donors (Lipinski definition) is 1. The van der Waals surface area contributed by atoms with Crippen LogP contribution in [0.2, 0.25) is 0 Å². The van der Waals surface area contributed by atoms with E-state index in [0.29, 0.717) is 0 Å². The normalized spacial score (nSPS) is 10.8. The van der Waals surface area contributed by atoms with Crippen LogP contribution in [0.3, 0.4) is 0 Å². The van der Waals surface area contributed by atoms with Crippen molar-refractivity contribution >= 4 is 22.6 Å². The molecule has 0 aliphatic heterocycles. The zero-order chi connectivity index (χ0) is 17.7. The zero-order valence-electron chi connectivity index (χ0n) is 14.3. The van der Waals surface area contributed by atoms with Crippen molar-refractivity contribution in [2.75, 3.05) is 13.7 Å². The number of carboxylic acids is 1. The van der Waals surface area contributed by atoms with Gasteiger partial charge in [0.25, 0.3) is 0 Å². The Labute approximate surface area is 141 Å². The monoisotopic (exact) mass is 329 g/mol. The topological polar surface area (TPSA) is 66.8 Å². The molecule has 5 heteroatoms. The number of carbonyl (C=O) groups excluding carboxylic acids is 1. The number of aliphatic carboxylic acids is 1. The van der Waals surface area contributed by atoms with Crippen LogP contribution >= 0.6 is 0 Å². The Kier molecular flexibility index (Phi) is 5.79. The molecule has 0 radical (unpaired) electrons. The highest BCUT2D eigenvalue weighted by Gasteiger charge is 2.19. The fourth-order valence-electron chi connectivity index (χ4n) is 2.75. The first-order chi connectivity index (χ1) is 11.4. The zero-order valence-corrected chi connectivity index (χ0v) is 14.3. The van der Waals surface area contributed by atoms with Gasteiger partial charge in [0.05, 0.1) is 20.0 Å². The molecule has 0 aliphatic rings. The minimum Gasteiger partial charge on any atom is -0.497 e. The van der Waals surface area contributed by atoms with Crippen molar-refractivity contribution in [3.05, 3.63) is 42.0 Å². The van der Waals surface area contributed by atoms with Crippen LogP contribution in [0.1, 0.15) is 25.8 Å². The van der Waals surface area contributed by atoms with Gasteiger partial charge in [0.1, 0.15) is 5.75 Å². The Morgan fingerprint density at radius 2 is 1.96 bits per heavy atom. The van der Waals surface area contributed by atoms with Crippen molar-refractivity contribution < 1.29 is 19.4 Å². The number of hydrogen-bond acceptors (Lipinski definition) is 3. The van der Waals surface area contributed by atoms with Crippen LogP contribution in [0.5, 0.6) is 5.75 Å². The van der Waals surface area contributed by atoms with Gasteiger partial charge in [0.2, 0.25) is 5.91 Å². The molecule has 0 saturated heterocycles. The fraction of sp³-hybridized carbons (Fsp3) is 0.368. The van der Waals surface area contributed by atoms with Gasteiger partial charge < -0.3 is 14.7 Å². The number of amides is 1. The second kappa shape index (κ2) is 7.81. The number of carboxylic acid groups (broad SMARTS) is 1. The predicted molar refractivity (Wildman–Crippen MR) is 93.3 cm³/mol. The highest BCUT2D eigenvalue weighted by molar-refractivity contribution is 5.91. The van der Waals surface area contributed by atoms with E-state index in [1.165, 1.54) is 0 Å². The molecular formula is C19H23NO4. The lowest BCUT2D eigenvalue weighted by atomic mass is 10.0. The number of benzene rings is 2. The van der Waals surface area contributed by atoms with E-state index in [4.69, 9.17) is 9.84 Å². The minimum atomic E-state index is -0.900. The van der Waals surface area contributed by atoms with Crippen LogP contribution in [-0.2, 0) is 16.0 Å². The third-order valence-electron chi connectivity index (χ3n) is 4.03. The standard InChI is InChI=1S/C19H23NO4/c1-13(2)20(10-9-19(22)23)18(21)11-15-6-4-5-14-7-8-16(24-3)12-17(14)15/h4-8,12-13H,9-11H2,1-3H3,(H,22,23). The van der Waals surface area contributed by atoms with Crippen LogP contribution in [0.25, 0.3) is 10.8 Å². The first-order valence-electron chi connectivity index (χ1n) is 7.99. The molecule has 0 atom stereocenters. The summed E-state index contributed by atoms with van der Waals surface area (Å²) in [6.07, 6.45) is 0.190. The first kappa shape index (κ1) is 17.8. The third kappa shape index (κ3) is 4.25. The Bertz CT molecular complexity index is 739. The highest BCUT2D eigenvalue weighted by atomic mass is 16.5. The summed E-state index contributed by atoms with van der Waals surface area (Å²) in [4.78, 5) is 25.1. The summed E-state index contributed by atoms with van der Waals surface area (Å²) in [5.41, 5.74) is 0.914. The van der Waals surface area contributed by atoms with E-state index in [0.717, 1.165) is 22.1 Å². The van der Waals surface area contributed by atoms with Gasteiger partial charge >= 0.3 is 5.97 Å². The quantitative estimate of drug-likeness (QED) is 0.847. The smallest absolute Gasteiger partial charge is 0.305 e. The third-order valence-corrected chi connectivity index (χ3v) is 4.03. The van der Waals surface area contributed by atoms with Crippen LogP contribution in [0.15, 0.2) is 36.4 Å². The summed E-state index contributed by atoms with van der Waals surface area (Å²) in [6.45, 7) is 4.01. The summed E-state index contributed by atoms with van der Waals surface area (Å²) in [5.74, 6) is -0.223. The molecule has 1 N–H and O–H groups in total.